The Hall–Kier alpha value is -3.40. The van der Waals surface area contributed by atoms with Gasteiger partial charge in [0.05, 0.1) is 5.71 Å². The summed E-state index contributed by atoms with van der Waals surface area (Å²) in [5.41, 5.74) is 3.28. The largest absolute Gasteiger partial charge is 0.287 e. The lowest BCUT2D eigenvalue weighted by atomic mass is 10.0. The summed E-state index contributed by atoms with van der Waals surface area (Å²) in [4.78, 5) is 16.9. The molecule has 0 radical (unpaired) electrons. The third kappa shape index (κ3) is 4.12. The van der Waals surface area contributed by atoms with E-state index in [-0.39, 0.29) is 5.78 Å². The zero-order chi connectivity index (χ0) is 17.5. The first-order chi connectivity index (χ1) is 12.3. The topological polar surface area (TPSA) is 54.7 Å². The molecule has 0 aliphatic carbocycles. The van der Waals surface area contributed by atoms with E-state index < -0.39 is 0 Å². The number of hydrogen-bond donors (Lipinski definition) is 0. The van der Waals surface area contributed by atoms with Gasteiger partial charge < -0.3 is 0 Å². The molecule has 0 N–H and O–H groups in total. The minimum Gasteiger partial charge on any atom is -0.287 e. The Balaban J connectivity index is 2.01. The first-order valence-electron chi connectivity index (χ1n) is 7.93. The van der Waals surface area contributed by atoms with Gasteiger partial charge in [0.15, 0.2) is 0 Å². The summed E-state index contributed by atoms with van der Waals surface area (Å²) in [6, 6.07) is 22.2. The number of rotatable bonds is 5. The van der Waals surface area contributed by atoms with Crippen LogP contribution in [0.15, 0.2) is 95.4 Å². The lowest BCUT2D eigenvalue weighted by molar-refractivity contribution is 0.106. The molecule has 3 rings (SSSR count). The van der Waals surface area contributed by atoms with Crippen molar-refractivity contribution in [3.8, 4) is 0 Å². The van der Waals surface area contributed by atoms with E-state index in [9.17, 15) is 4.79 Å². The summed E-state index contributed by atoms with van der Waals surface area (Å²) < 4.78 is 0. The average molecular weight is 327 g/mol. The number of ketones is 1. The van der Waals surface area contributed by atoms with Crippen LogP contribution in [-0.4, -0.2) is 22.2 Å². The van der Waals surface area contributed by atoms with Gasteiger partial charge in [-0.2, -0.15) is 5.10 Å². The van der Waals surface area contributed by atoms with Crippen LogP contribution in [0.25, 0.3) is 0 Å². The van der Waals surface area contributed by atoms with Crippen molar-refractivity contribution in [3.63, 3.8) is 0 Å². The lowest BCUT2D eigenvalue weighted by Gasteiger charge is -2.05. The Kier molecular flexibility index (Phi) is 5.22. The highest BCUT2D eigenvalue weighted by atomic mass is 16.1. The van der Waals surface area contributed by atoms with Gasteiger partial charge in [-0.05, 0) is 19.1 Å². The van der Waals surface area contributed by atoms with Gasteiger partial charge in [-0.1, -0.05) is 60.7 Å². The van der Waals surface area contributed by atoms with Crippen molar-refractivity contribution in [2.45, 2.75) is 6.92 Å². The van der Waals surface area contributed by atoms with Crippen molar-refractivity contribution in [1.29, 1.82) is 0 Å². The number of benzene rings is 2. The van der Waals surface area contributed by atoms with Gasteiger partial charge in [-0.3, -0.25) is 9.78 Å². The van der Waals surface area contributed by atoms with E-state index in [1.165, 1.54) is 0 Å². The minimum atomic E-state index is -0.155. The monoisotopic (exact) mass is 327 g/mol. The van der Waals surface area contributed by atoms with Crippen LogP contribution in [0.3, 0.4) is 0 Å². The van der Waals surface area contributed by atoms with Gasteiger partial charge in [0.25, 0.3) is 0 Å². The van der Waals surface area contributed by atoms with Crippen LogP contribution in [0.2, 0.25) is 0 Å². The molecule has 0 fully saturated rings. The van der Waals surface area contributed by atoms with Crippen molar-refractivity contribution in [1.82, 2.24) is 4.98 Å². The normalized spacial score (nSPS) is 12.0. The molecule has 2 aromatic carbocycles. The second-order valence-corrected chi connectivity index (χ2v) is 5.43. The number of carbonyl (C=O) groups excluding carboxylic acids is 1. The quantitative estimate of drug-likeness (QED) is 0.401. The first-order valence-corrected chi connectivity index (χ1v) is 7.93. The van der Waals surface area contributed by atoms with E-state index in [2.05, 4.69) is 15.2 Å². The van der Waals surface area contributed by atoms with Gasteiger partial charge in [0, 0.05) is 29.1 Å². The molecule has 122 valence electrons. The van der Waals surface area contributed by atoms with Crippen molar-refractivity contribution in [2.75, 3.05) is 0 Å². The van der Waals surface area contributed by atoms with Crippen LogP contribution in [0.5, 0.6) is 0 Å². The molecule has 0 aliphatic rings. The molecule has 0 amide bonds. The van der Waals surface area contributed by atoms with E-state index >= 15 is 0 Å². The van der Waals surface area contributed by atoms with Gasteiger partial charge in [0.2, 0.25) is 5.78 Å². The van der Waals surface area contributed by atoms with E-state index in [0.29, 0.717) is 11.3 Å². The molecule has 0 aliphatic heterocycles. The van der Waals surface area contributed by atoms with Gasteiger partial charge in [-0.25, -0.2) is 0 Å². The fraction of sp³-hybridized carbons (Fsp3) is 0.0476. The molecule has 1 heterocycles. The molecule has 0 saturated heterocycles. The van der Waals surface area contributed by atoms with E-state index in [0.717, 1.165) is 16.8 Å². The van der Waals surface area contributed by atoms with Crippen LogP contribution < -0.4 is 0 Å². The molecule has 4 heteroatoms. The smallest absolute Gasteiger partial charge is 0.213 e. The van der Waals surface area contributed by atoms with Gasteiger partial charge in [-0.15, -0.1) is 5.10 Å². The van der Waals surface area contributed by atoms with Crippen LogP contribution in [0, 0.1) is 0 Å². The molecule has 4 nitrogen and oxygen atoms in total. The number of Topliss-reactive ketones (excluding diaryl/α,β-unsaturated/α-hetero) is 1. The number of nitrogens with zero attached hydrogens (tertiary/aromatic N) is 3. The fourth-order valence-electron chi connectivity index (χ4n) is 2.33. The molecule has 0 bridgehead atoms. The summed E-state index contributed by atoms with van der Waals surface area (Å²) in [5.74, 6) is -0.155. The highest BCUT2D eigenvalue weighted by Gasteiger charge is 2.16. The second kappa shape index (κ2) is 7.93. The summed E-state index contributed by atoms with van der Waals surface area (Å²) in [5, 5.41) is 8.55. The van der Waals surface area contributed by atoms with Crippen molar-refractivity contribution < 1.29 is 4.79 Å². The number of carbonyl (C=O) groups is 1. The van der Waals surface area contributed by atoms with Crippen molar-refractivity contribution in [2.24, 2.45) is 10.2 Å². The summed E-state index contributed by atoms with van der Waals surface area (Å²) in [6.45, 7) is 1.86. The Morgan fingerprint density at radius 3 is 1.88 bits per heavy atom. The highest BCUT2D eigenvalue weighted by Crippen LogP contribution is 2.10. The van der Waals surface area contributed by atoms with Crippen LogP contribution in [0.4, 0.5) is 0 Å². The average Bonchev–Trinajstić information content (AvgIpc) is 2.70. The van der Waals surface area contributed by atoms with Gasteiger partial charge >= 0.3 is 0 Å². The predicted molar refractivity (Wildman–Crippen MR) is 100 cm³/mol. The van der Waals surface area contributed by atoms with E-state index in [1.54, 1.807) is 24.5 Å². The Labute approximate surface area is 146 Å². The molecule has 3 aromatic rings. The number of pyridine rings is 1. The molecule has 0 saturated carbocycles. The first kappa shape index (κ1) is 16.5. The highest BCUT2D eigenvalue weighted by molar-refractivity contribution is 6.51. The third-order valence-corrected chi connectivity index (χ3v) is 3.70. The Morgan fingerprint density at radius 2 is 1.28 bits per heavy atom. The SMILES string of the molecule is C/C(=N/N=C(/C(=O)c1ccccc1)c1ccccc1)c1ccncc1. The summed E-state index contributed by atoms with van der Waals surface area (Å²) >= 11 is 0. The maximum atomic E-state index is 12.9. The fourth-order valence-corrected chi connectivity index (χ4v) is 2.33. The van der Waals surface area contributed by atoms with E-state index in [4.69, 9.17) is 0 Å². The Morgan fingerprint density at radius 1 is 0.720 bits per heavy atom. The van der Waals surface area contributed by atoms with Crippen molar-refractivity contribution >= 4 is 17.2 Å². The number of aromatic nitrogens is 1. The zero-order valence-electron chi connectivity index (χ0n) is 13.8. The zero-order valence-corrected chi connectivity index (χ0v) is 13.8. The number of hydrogen-bond acceptors (Lipinski definition) is 4. The van der Waals surface area contributed by atoms with Crippen LogP contribution in [0.1, 0.15) is 28.4 Å². The van der Waals surface area contributed by atoms with E-state index in [1.807, 2.05) is 67.6 Å². The molecule has 25 heavy (non-hydrogen) atoms. The predicted octanol–water partition coefficient (Wildman–Crippen LogP) is 4.18. The molecular formula is C21H17N3O. The molecule has 1 aromatic heterocycles. The minimum absolute atomic E-state index is 0.155. The molecule has 0 unspecified atom stereocenters. The Bertz CT molecular complexity index is 902. The summed E-state index contributed by atoms with van der Waals surface area (Å²) in [6.07, 6.45) is 3.40. The molecule has 0 spiro atoms. The van der Waals surface area contributed by atoms with Crippen molar-refractivity contribution in [3.05, 3.63) is 102 Å². The molecule has 0 atom stereocenters. The second-order valence-electron chi connectivity index (χ2n) is 5.43. The van der Waals surface area contributed by atoms with Gasteiger partial charge in [0.1, 0.15) is 5.71 Å². The maximum absolute atomic E-state index is 12.9. The van der Waals surface area contributed by atoms with Crippen LogP contribution >= 0.6 is 0 Å². The standard InChI is InChI=1S/C21H17N3O/c1-16(17-12-14-22-15-13-17)23-24-20(18-8-4-2-5-9-18)21(25)19-10-6-3-7-11-19/h2-15H,1H3/b23-16-,24-20+. The van der Waals surface area contributed by atoms with Crippen LogP contribution in [-0.2, 0) is 0 Å². The molecular weight excluding hydrogens is 310 g/mol. The lowest BCUT2D eigenvalue weighted by Crippen LogP contribution is -2.15. The third-order valence-electron chi connectivity index (χ3n) is 3.70. The summed E-state index contributed by atoms with van der Waals surface area (Å²) in [7, 11) is 0. The maximum Gasteiger partial charge on any atom is 0.213 e.